The van der Waals surface area contributed by atoms with Gasteiger partial charge in [0, 0.05) is 43.3 Å². The van der Waals surface area contributed by atoms with E-state index in [0.29, 0.717) is 17.4 Å². The van der Waals surface area contributed by atoms with Crippen LogP contribution in [0.5, 0.6) is 11.5 Å². The maximum Gasteiger partial charge on any atom is 0.195 e. The Kier molecular flexibility index (Phi) is 7.56. The first kappa shape index (κ1) is 20.5. The first-order valence-corrected chi connectivity index (χ1v) is 10.5. The van der Waals surface area contributed by atoms with Crippen LogP contribution in [0.1, 0.15) is 17.7 Å². The third-order valence-electron chi connectivity index (χ3n) is 4.99. The predicted molar refractivity (Wildman–Crippen MR) is 117 cm³/mol. The highest BCUT2D eigenvalue weighted by molar-refractivity contribution is 7.09. The second-order valence-corrected chi connectivity index (χ2v) is 8.00. The highest BCUT2D eigenvalue weighted by Crippen LogP contribution is 2.29. The number of ether oxygens (including phenoxy) is 2. The summed E-state index contributed by atoms with van der Waals surface area (Å²) in [6, 6.07) is 10.1. The monoisotopic (exact) mass is 402 g/mol. The predicted octanol–water partition coefficient (Wildman–Crippen LogP) is 3.66. The first-order valence-electron chi connectivity index (χ1n) is 9.66. The van der Waals surface area contributed by atoms with Crippen molar-refractivity contribution in [1.82, 2.24) is 10.2 Å². The van der Waals surface area contributed by atoms with Crippen molar-refractivity contribution in [2.75, 3.05) is 46.2 Å². The van der Waals surface area contributed by atoms with Crippen LogP contribution in [-0.4, -0.2) is 51.8 Å². The molecule has 2 N–H and O–H groups in total. The lowest BCUT2D eigenvalue weighted by Crippen LogP contribution is -2.42. The van der Waals surface area contributed by atoms with Crippen LogP contribution in [0.15, 0.2) is 40.7 Å². The van der Waals surface area contributed by atoms with Gasteiger partial charge in [-0.3, -0.25) is 9.89 Å². The third-order valence-corrected chi connectivity index (χ3v) is 5.85. The number of piperidine rings is 1. The summed E-state index contributed by atoms with van der Waals surface area (Å²) >= 11 is 1.84. The van der Waals surface area contributed by atoms with Crippen molar-refractivity contribution < 1.29 is 9.47 Å². The largest absolute Gasteiger partial charge is 0.493 e. The highest BCUT2D eigenvalue weighted by Gasteiger charge is 2.20. The Bertz CT molecular complexity index is 764. The van der Waals surface area contributed by atoms with Gasteiger partial charge in [0.05, 0.1) is 14.2 Å². The van der Waals surface area contributed by atoms with Crippen molar-refractivity contribution in [2.24, 2.45) is 10.9 Å². The maximum absolute atomic E-state index is 5.37. The molecule has 7 heteroatoms. The Labute approximate surface area is 171 Å². The van der Waals surface area contributed by atoms with Crippen LogP contribution in [0.4, 0.5) is 5.69 Å². The molecule has 0 aliphatic carbocycles. The molecule has 1 atom stereocenters. The summed E-state index contributed by atoms with van der Waals surface area (Å²) in [5.41, 5.74) is 0.911. The van der Waals surface area contributed by atoms with Crippen molar-refractivity contribution in [3.05, 3.63) is 40.6 Å². The van der Waals surface area contributed by atoms with Crippen LogP contribution in [0.3, 0.4) is 0 Å². The SMILES string of the molecule is CN=C(NCC1CCCN(Cc2cccs2)C1)Nc1ccc(OC)c(OC)c1. The Hall–Kier alpha value is -2.25. The van der Waals surface area contributed by atoms with E-state index in [4.69, 9.17) is 9.47 Å². The van der Waals surface area contributed by atoms with Crippen LogP contribution in [0.25, 0.3) is 0 Å². The van der Waals surface area contributed by atoms with Crippen LogP contribution in [0.2, 0.25) is 0 Å². The van der Waals surface area contributed by atoms with Crippen molar-refractivity contribution in [3.8, 4) is 11.5 Å². The average molecular weight is 403 g/mol. The number of hydrogen-bond acceptors (Lipinski definition) is 5. The molecule has 2 heterocycles. The van der Waals surface area contributed by atoms with Gasteiger partial charge in [-0.15, -0.1) is 11.3 Å². The maximum atomic E-state index is 5.37. The molecule has 0 saturated carbocycles. The summed E-state index contributed by atoms with van der Waals surface area (Å²) < 4.78 is 10.7. The number of nitrogens with zero attached hydrogens (tertiary/aromatic N) is 2. The molecule has 0 bridgehead atoms. The Balaban J connectivity index is 1.51. The van der Waals surface area contributed by atoms with Crippen LogP contribution < -0.4 is 20.1 Å². The van der Waals surface area contributed by atoms with E-state index in [0.717, 1.165) is 31.3 Å². The van der Waals surface area contributed by atoms with E-state index in [-0.39, 0.29) is 0 Å². The summed E-state index contributed by atoms with van der Waals surface area (Å²) in [5, 5.41) is 8.96. The molecular weight excluding hydrogens is 372 g/mol. The molecule has 1 aliphatic heterocycles. The summed E-state index contributed by atoms with van der Waals surface area (Å²) in [6.45, 7) is 4.28. The van der Waals surface area contributed by atoms with E-state index < -0.39 is 0 Å². The van der Waals surface area contributed by atoms with Crippen LogP contribution in [0, 0.1) is 5.92 Å². The van der Waals surface area contributed by atoms with Crippen molar-refractivity contribution >= 4 is 23.0 Å². The molecule has 1 unspecified atom stereocenters. The van der Waals surface area contributed by atoms with E-state index >= 15 is 0 Å². The average Bonchev–Trinajstić information content (AvgIpc) is 3.24. The summed E-state index contributed by atoms with van der Waals surface area (Å²) in [7, 11) is 5.07. The van der Waals surface area contributed by atoms with E-state index in [1.165, 1.54) is 24.3 Å². The molecule has 28 heavy (non-hydrogen) atoms. The topological polar surface area (TPSA) is 58.1 Å². The quantitative estimate of drug-likeness (QED) is 0.547. The van der Waals surface area contributed by atoms with Crippen molar-refractivity contribution in [2.45, 2.75) is 19.4 Å². The first-order chi connectivity index (χ1) is 13.7. The van der Waals surface area contributed by atoms with E-state index in [9.17, 15) is 0 Å². The van der Waals surface area contributed by atoms with E-state index in [2.05, 4.69) is 38.0 Å². The second-order valence-electron chi connectivity index (χ2n) is 6.97. The van der Waals surface area contributed by atoms with Crippen LogP contribution in [-0.2, 0) is 6.54 Å². The van der Waals surface area contributed by atoms with Gasteiger partial charge in [0.25, 0.3) is 0 Å². The number of rotatable bonds is 7. The van der Waals surface area contributed by atoms with Gasteiger partial charge in [0.15, 0.2) is 17.5 Å². The van der Waals surface area contributed by atoms with Gasteiger partial charge in [-0.1, -0.05) is 6.07 Å². The number of thiophene rings is 1. The molecule has 2 aromatic rings. The molecule has 152 valence electrons. The number of likely N-dealkylation sites (tertiary alicyclic amines) is 1. The second kappa shape index (κ2) is 10.3. The lowest BCUT2D eigenvalue weighted by molar-refractivity contribution is 0.170. The number of benzene rings is 1. The van der Waals surface area contributed by atoms with Gasteiger partial charge in [0.2, 0.25) is 0 Å². The number of hydrogen-bond donors (Lipinski definition) is 2. The molecular formula is C21H30N4O2S. The number of aliphatic imine (C=N–C) groups is 1. The molecule has 1 saturated heterocycles. The Morgan fingerprint density at radius 1 is 1.25 bits per heavy atom. The molecule has 1 aliphatic rings. The normalized spacial score (nSPS) is 18.0. The smallest absolute Gasteiger partial charge is 0.195 e. The molecule has 6 nitrogen and oxygen atoms in total. The lowest BCUT2D eigenvalue weighted by atomic mass is 9.98. The molecule has 1 aromatic heterocycles. The lowest BCUT2D eigenvalue weighted by Gasteiger charge is -2.32. The molecule has 0 spiro atoms. The highest BCUT2D eigenvalue weighted by atomic mass is 32.1. The van der Waals surface area contributed by atoms with Gasteiger partial charge < -0.3 is 20.1 Å². The molecule has 1 fully saturated rings. The molecule has 3 rings (SSSR count). The Morgan fingerprint density at radius 2 is 2.11 bits per heavy atom. The van der Waals surface area contributed by atoms with Crippen LogP contribution >= 0.6 is 11.3 Å². The molecule has 0 radical (unpaired) electrons. The van der Waals surface area contributed by atoms with Gasteiger partial charge in [-0.25, -0.2) is 0 Å². The zero-order valence-electron chi connectivity index (χ0n) is 16.9. The zero-order valence-corrected chi connectivity index (χ0v) is 17.7. The molecule has 1 aromatic carbocycles. The Morgan fingerprint density at radius 3 is 2.82 bits per heavy atom. The number of methoxy groups -OCH3 is 2. The van der Waals surface area contributed by atoms with E-state index in [1.807, 2.05) is 29.5 Å². The number of nitrogens with one attached hydrogen (secondary N) is 2. The fourth-order valence-corrected chi connectivity index (χ4v) is 4.30. The van der Waals surface area contributed by atoms with Gasteiger partial charge in [-0.2, -0.15) is 0 Å². The minimum atomic E-state index is 0.623. The molecule has 0 amide bonds. The van der Waals surface area contributed by atoms with Crippen molar-refractivity contribution in [3.63, 3.8) is 0 Å². The summed E-state index contributed by atoms with van der Waals surface area (Å²) in [6.07, 6.45) is 2.50. The summed E-state index contributed by atoms with van der Waals surface area (Å²) in [5.74, 6) is 2.80. The van der Waals surface area contributed by atoms with Gasteiger partial charge in [-0.05, 0) is 48.9 Å². The minimum Gasteiger partial charge on any atom is -0.493 e. The fourth-order valence-electron chi connectivity index (χ4n) is 3.56. The standard InChI is InChI=1S/C21H30N4O2S/c1-22-21(24-17-8-9-19(26-2)20(12-17)27-3)23-13-16-6-4-10-25(14-16)15-18-7-5-11-28-18/h5,7-9,11-12,16H,4,6,10,13-15H2,1-3H3,(H2,22,23,24). The zero-order chi connectivity index (χ0) is 19.8. The summed E-state index contributed by atoms with van der Waals surface area (Å²) in [4.78, 5) is 8.36. The number of guanidine groups is 1. The van der Waals surface area contributed by atoms with E-state index in [1.54, 1.807) is 21.3 Å². The van der Waals surface area contributed by atoms with Gasteiger partial charge >= 0.3 is 0 Å². The third kappa shape index (κ3) is 5.62. The minimum absolute atomic E-state index is 0.623. The van der Waals surface area contributed by atoms with Crippen molar-refractivity contribution in [1.29, 1.82) is 0 Å². The fraction of sp³-hybridized carbons (Fsp3) is 0.476. The van der Waals surface area contributed by atoms with Gasteiger partial charge in [0.1, 0.15) is 0 Å². The number of anilines is 1.